The van der Waals surface area contributed by atoms with E-state index in [1.54, 1.807) is 0 Å². The molecule has 0 aromatic rings. The second-order valence-electron chi connectivity index (χ2n) is 5.90. The van der Waals surface area contributed by atoms with Gasteiger partial charge < -0.3 is 0 Å². The third kappa shape index (κ3) is 5.48. The summed E-state index contributed by atoms with van der Waals surface area (Å²) in [6, 6.07) is 0. The van der Waals surface area contributed by atoms with Crippen LogP contribution >= 0.6 is 12.6 Å². The van der Waals surface area contributed by atoms with E-state index >= 15 is 0 Å². The molecule has 0 aromatic heterocycles. The molecule has 0 fully saturated rings. The molecule has 104 valence electrons. The predicted molar refractivity (Wildman–Crippen MR) is 88.1 cm³/mol. The van der Waals surface area contributed by atoms with Crippen molar-refractivity contribution in [3.63, 3.8) is 0 Å². The van der Waals surface area contributed by atoms with E-state index < -0.39 is 0 Å². The molecule has 0 heterocycles. The zero-order valence-corrected chi connectivity index (χ0v) is 13.8. The van der Waals surface area contributed by atoms with Gasteiger partial charge in [-0.1, -0.05) is 65.8 Å². The quantitative estimate of drug-likeness (QED) is 0.413. The van der Waals surface area contributed by atoms with E-state index in [9.17, 15) is 0 Å². The van der Waals surface area contributed by atoms with Gasteiger partial charge in [0.05, 0.1) is 0 Å². The standard InChI is InChI=1S/C17H30S/c1-7-16(4,5)15(14-18)12-10-11-13-17(6,8-2)9-3/h10-14,18H,7-9H2,1-6H3/b12-10-,13-11+,15-14-. The van der Waals surface area contributed by atoms with Gasteiger partial charge in [0, 0.05) is 0 Å². The maximum absolute atomic E-state index is 4.32. The first-order valence-corrected chi connectivity index (χ1v) is 7.57. The van der Waals surface area contributed by atoms with Crippen LogP contribution in [0.1, 0.15) is 60.8 Å². The van der Waals surface area contributed by atoms with Crippen LogP contribution in [-0.4, -0.2) is 0 Å². The van der Waals surface area contributed by atoms with Gasteiger partial charge in [-0.05, 0) is 41.1 Å². The summed E-state index contributed by atoms with van der Waals surface area (Å²) >= 11 is 4.32. The predicted octanol–water partition coefficient (Wildman–Crippen LogP) is 6.18. The smallest absolute Gasteiger partial charge is 0.0101 e. The summed E-state index contributed by atoms with van der Waals surface area (Å²) in [7, 11) is 0. The largest absolute Gasteiger partial charge is 0.151 e. The summed E-state index contributed by atoms with van der Waals surface area (Å²) in [5.41, 5.74) is 1.81. The third-order valence-corrected chi connectivity index (χ3v) is 4.58. The van der Waals surface area contributed by atoms with Crippen LogP contribution in [0.25, 0.3) is 0 Å². The molecule has 0 nitrogen and oxygen atoms in total. The average Bonchev–Trinajstić information content (AvgIpc) is 2.38. The minimum Gasteiger partial charge on any atom is -0.151 e. The summed E-state index contributed by atoms with van der Waals surface area (Å²) in [5.74, 6) is 0. The van der Waals surface area contributed by atoms with Gasteiger partial charge in [-0.25, -0.2) is 0 Å². The molecule has 18 heavy (non-hydrogen) atoms. The van der Waals surface area contributed by atoms with Gasteiger partial charge in [-0.2, -0.15) is 12.6 Å². The Labute approximate surface area is 120 Å². The van der Waals surface area contributed by atoms with Gasteiger partial charge in [0.15, 0.2) is 0 Å². The average molecular weight is 266 g/mol. The number of hydrogen-bond donors (Lipinski definition) is 1. The Morgan fingerprint density at radius 1 is 0.944 bits per heavy atom. The lowest BCUT2D eigenvalue weighted by molar-refractivity contribution is 0.396. The zero-order valence-electron chi connectivity index (χ0n) is 13.0. The van der Waals surface area contributed by atoms with Crippen LogP contribution in [0.15, 0.2) is 35.3 Å². The van der Waals surface area contributed by atoms with Crippen LogP contribution in [0.5, 0.6) is 0 Å². The second kappa shape index (κ2) is 7.89. The Hall–Kier alpha value is -0.430. The molecule has 0 spiro atoms. The molecule has 0 atom stereocenters. The highest BCUT2D eigenvalue weighted by atomic mass is 32.1. The lowest BCUT2D eigenvalue weighted by Crippen LogP contribution is -2.11. The van der Waals surface area contributed by atoms with Crippen molar-refractivity contribution in [3.8, 4) is 0 Å². The van der Waals surface area contributed by atoms with Crippen molar-refractivity contribution >= 4 is 12.6 Å². The number of rotatable bonds is 7. The summed E-state index contributed by atoms with van der Waals surface area (Å²) in [5, 5.41) is 1.92. The zero-order chi connectivity index (χ0) is 14.2. The van der Waals surface area contributed by atoms with E-state index in [1.807, 2.05) is 5.41 Å². The molecule has 0 N–H and O–H groups in total. The number of allylic oxidation sites excluding steroid dienone is 5. The van der Waals surface area contributed by atoms with E-state index in [-0.39, 0.29) is 5.41 Å². The molecular formula is C17H30S. The van der Waals surface area contributed by atoms with Crippen molar-refractivity contribution in [2.75, 3.05) is 0 Å². The first-order valence-electron chi connectivity index (χ1n) is 7.06. The summed E-state index contributed by atoms with van der Waals surface area (Å²) in [6.07, 6.45) is 12.3. The Morgan fingerprint density at radius 2 is 1.50 bits per heavy atom. The first kappa shape index (κ1) is 17.6. The summed E-state index contributed by atoms with van der Waals surface area (Å²) in [4.78, 5) is 0. The van der Waals surface area contributed by atoms with Crippen LogP contribution in [-0.2, 0) is 0 Å². The number of hydrogen-bond acceptors (Lipinski definition) is 1. The Kier molecular flexibility index (Phi) is 7.70. The van der Waals surface area contributed by atoms with Crippen molar-refractivity contribution in [1.29, 1.82) is 0 Å². The molecule has 0 aliphatic rings. The van der Waals surface area contributed by atoms with Gasteiger partial charge in [0.2, 0.25) is 0 Å². The first-order chi connectivity index (χ1) is 8.35. The van der Waals surface area contributed by atoms with Crippen molar-refractivity contribution in [1.82, 2.24) is 0 Å². The van der Waals surface area contributed by atoms with Gasteiger partial charge in [0.25, 0.3) is 0 Å². The molecule has 0 aliphatic heterocycles. The maximum atomic E-state index is 4.32. The van der Waals surface area contributed by atoms with Gasteiger partial charge >= 0.3 is 0 Å². The van der Waals surface area contributed by atoms with E-state index in [0.717, 1.165) is 6.42 Å². The second-order valence-corrected chi connectivity index (χ2v) is 6.16. The summed E-state index contributed by atoms with van der Waals surface area (Å²) < 4.78 is 0. The lowest BCUT2D eigenvalue weighted by atomic mass is 9.82. The molecule has 1 heteroatoms. The third-order valence-electron chi connectivity index (χ3n) is 4.31. The van der Waals surface area contributed by atoms with Crippen molar-refractivity contribution in [2.45, 2.75) is 60.8 Å². The molecule has 0 radical (unpaired) electrons. The van der Waals surface area contributed by atoms with E-state index in [2.05, 4.69) is 78.5 Å². The molecule has 0 saturated heterocycles. The molecule has 0 bridgehead atoms. The fraction of sp³-hybridized carbons (Fsp3) is 0.647. The van der Waals surface area contributed by atoms with Crippen LogP contribution in [0.4, 0.5) is 0 Å². The Balaban J connectivity index is 4.72. The Morgan fingerprint density at radius 3 is 1.89 bits per heavy atom. The molecule has 0 rings (SSSR count). The van der Waals surface area contributed by atoms with E-state index in [1.165, 1.54) is 18.4 Å². The molecule has 0 aromatic carbocycles. The topological polar surface area (TPSA) is 0 Å². The normalized spacial score (nSPS) is 14.9. The van der Waals surface area contributed by atoms with E-state index in [4.69, 9.17) is 0 Å². The molecule has 0 amide bonds. The molecule has 0 aliphatic carbocycles. The van der Waals surface area contributed by atoms with Gasteiger partial charge in [0.1, 0.15) is 0 Å². The Bertz CT molecular complexity index is 315. The lowest BCUT2D eigenvalue weighted by Gasteiger charge is -2.24. The number of thiol groups is 1. The van der Waals surface area contributed by atoms with Crippen LogP contribution < -0.4 is 0 Å². The molecule has 0 saturated carbocycles. The monoisotopic (exact) mass is 266 g/mol. The minimum atomic E-state index is 0.199. The highest BCUT2D eigenvalue weighted by Crippen LogP contribution is 2.31. The van der Waals surface area contributed by atoms with E-state index in [0.29, 0.717) is 5.41 Å². The molecule has 0 unspecified atom stereocenters. The van der Waals surface area contributed by atoms with Crippen molar-refractivity contribution in [2.24, 2.45) is 10.8 Å². The fourth-order valence-electron chi connectivity index (χ4n) is 1.58. The van der Waals surface area contributed by atoms with Crippen LogP contribution in [0.3, 0.4) is 0 Å². The summed E-state index contributed by atoms with van der Waals surface area (Å²) in [6.45, 7) is 13.5. The highest BCUT2D eigenvalue weighted by molar-refractivity contribution is 7.83. The van der Waals surface area contributed by atoms with Crippen LogP contribution in [0, 0.1) is 10.8 Å². The molecular weight excluding hydrogens is 236 g/mol. The van der Waals surface area contributed by atoms with Gasteiger partial charge in [-0.3, -0.25) is 0 Å². The maximum Gasteiger partial charge on any atom is -0.0101 e. The van der Waals surface area contributed by atoms with Crippen LogP contribution in [0.2, 0.25) is 0 Å². The van der Waals surface area contributed by atoms with Gasteiger partial charge in [-0.15, -0.1) is 0 Å². The van der Waals surface area contributed by atoms with Crippen molar-refractivity contribution in [3.05, 3.63) is 35.3 Å². The van der Waals surface area contributed by atoms with Crippen molar-refractivity contribution < 1.29 is 0 Å². The minimum absolute atomic E-state index is 0.199. The highest BCUT2D eigenvalue weighted by Gasteiger charge is 2.18. The SMILES string of the molecule is CCC(C)(/C=C/C=C\C(=C\S)C(C)(C)CC)CC. The fourth-order valence-corrected chi connectivity index (χ4v) is 2.02.